The minimum absolute atomic E-state index is 0.0799. The van der Waals surface area contributed by atoms with Crippen LogP contribution in [0.4, 0.5) is 5.95 Å². The van der Waals surface area contributed by atoms with Crippen molar-refractivity contribution in [3.8, 4) is 11.3 Å². The zero-order valence-corrected chi connectivity index (χ0v) is 18.9. The molecule has 156 valence electrons. The maximum Gasteiger partial charge on any atom is 0.226 e. The Hall–Kier alpha value is -1.37. The van der Waals surface area contributed by atoms with Crippen molar-refractivity contribution in [2.24, 2.45) is 11.8 Å². The fraction of sp³-hybridized carbons (Fsp3) is 0.524. The van der Waals surface area contributed by atoms with Crippen molar-refractivity contribution in [1.82, 2.24) is 9.97 Å². The molecule has 2 aliphatic rings. The van der Waals surface area contributed by atoms with Gasteiger partial charge in [0.15, 0.2) is 9.84 Å². The normalized spacial score (nSPS) is 17.0. The van der Waals surface area contributed by atoms with Crippen LogP contribution < -0.4 is 4.90 Å². The van der Waals surface area contributed by atoms with Crippen LogP contribution in [0.25, 0.3) is 11.3 Å². The lowest BCUT2D eigenvalue weighted by Crippen LogP contribution is -2.40. The molecule has 2 aromatic rings. The molecule has 1 aromatic carbocycles. The average molecular weight is 454 g/mol. The second-order valence-electron chi connectivity index (χ2n) is 8.14. The van der Waals surface area contributed by atoms with E-state index in [2.05, 4.69) is 16.8 Å². The van der Waals surface area contributed by atoms with Gasteiger partial charge in [-0.1, -0.05) is 30.1 Å². The average Bonchev–Trinajstić information content (AvgIpc) is 3.55. The van der Waals surface area contributed by atoms with Gasteiger partial charge in [-0.15, -0.1) is 0 Å². The van der Waals surface area contributed by atoms with Gasteiger partial charge >= 0.3 is 0 Å². The van der Waals surface area contributed by atoms with E-state index in [-0.39, 0.29) is 4.90 Å². The Kier molecular flexibility index (Phi) is 5.79. The molecular weight excluding hydrogens is 429 g/mol. The highest BCUT2D eigenvalue weighted by Crippen LogP contribution is 2.48. The molecule has 0 N–H and O–H groups in total. The third-order valence-electron chi connectivity index (χ3n) is 5.62. The second-order valence-corrected chi connectivity index (χ2v) is 11.0. The van der Waals surface area contributed by atoms with Crippen LogP contribution in [0, 0.1) is 11.8 Å². The highest BCUT2D eigenvalue weighted by atomic mass is 35.5. The van der Waals surface area contributed by atoms with Crippen molar-refractivity contribution in [3.05, 3.63) is 34.4 Å². The van der Waals surface area contributed by atoms with Crippen molar-refractivity contribution in [2.45, 2.75) is 50.0 Å². The monoisotopic (exact) mass is 453 g/mol. The van der Waals surface area contributed by atoms with Gasteiger partial charge in [-0.25, -0.2) is 18.4 Å². The summed E-state index contributed by atoms with van der Waals surface area (Å²) in [6.07, 6.45) is 8.57. The van der Waals surface area contributed by atoms with Crippen molar-refractivity contribution < 1.29 is 8.42 Å². The van der Waals surface area contributed by atoms with Gasteiger partial charge in [-0.2, -0.15) is 0 Å². The van der Waals surface area contributed by atoms with Crippen molar-refractivity contribution in [1.29, 1.82) is 0 Å². The quantitative estimate of drug-likeness (QED) is 0.545. The smallest absolute Gasteiger partial charge is 0.226 e. The molecule has 0 atom stereocenters. The number of hydrogen-bond donors (Lipinski definition) is 0. The summed E-state index contributed by atoms with van der Waals surface area (Å²) in [6, 6.07) is 5.45. The molecule has 2 aliphatic carbocycles. The topological polar surface area (TPSA) is 63.2 Å². The summed E-state index contributed by atoms with van der Waals surface area (Å²) in [6.45, 7) is 3.00. The van der Waals surface area contributed by atoms with Gasteiger partial charge in [0.1, 0.15) is 4.90 Å². The van der Waals surface area contributed by atoms with Crippen LogP contribution in [0.15, 0.2) is 29.3 Å². The number of rotatable bonds is 8. The van der Waals surface area contributed by atoms with Crippen LogP contribution in [0.5, 0.6) is 0 Å². The molecule has 0 saturated heterocycles. The van der Waals surface area contributed by atoms with Gasteiger partial charge in [0.25, 0.3) is 0 Å². The maximum absolute atomic E-state index is 12.4. The maximum atomic E-state index is 12.4. The minimum Gasteiger partial charge on any atom is -0.337 e. The Morgan fingerprint density at radius 1 is 1.17 bits per heavy atom. The van der Waals surface area contributed by atoms with E-state index >= 15 is 0 Å². The molecule has 0 spiro atoms. The van der Waals surface area contributed by atoms with Crippen LogP contribution in [0.2, 0.25) is 10.0 Å². The predicted molar refractivity (Wildman–Crippen MR) is 117 cm³/mol. The molecule has 0 bridgehead atoms. The summed E-state index contributed by atoms with van der Waals surface area (Å²) in [5.41, 5.74) is 0.886. The molecule has 0 amide bonds. The highest BCUT2D eigenvalue weighted by Gasteiger charge is 2.45. The second kappa shape index (κ2) is 8.05. The lowest BCUT2D eigenvalue weighted by Gasteiger charge is -2.32. The van der Waals surface area contributed by atoms with Gasteiger partial charge in [-0.05, 0) is 62.1 Å². The molecule has 1 aromatic heterocycles. The van der Waals surface area contributed by atoms with Crippen molar-refractivity contribution in [3.63, 3.8) is 0 Å². The molecule has 2 saturated carbocycles. The zero-order chi connectivity index (χ0) is 20.8. The number of hydrogen-bond acceptors (Lipinski definition) is 5. The zero-order valence-electron chi connectivity index (χ0n) is 16.6. The molecule has 2 fully saturated rings. The Morgan fingerprint density at radius 3 is 2.34 bits per heavy atom. The Bertz CT molecular complexity index is 1010. The largest absolute Gasteiger partial charge is 0.337 e. The van der Waals surface area contributed by atoms with E-state index in [9.17, 15) is 8.42 Å². The summed E-state index contributed by atoms with van der Waals surface area (Å²) in [7, 11) is -3.53. The molecule has 4 rings (SSSR count). The Balaban J connectivity index is 1.84. The standard InChI is InChI=1S/C21H25Cl2N3O2S/c1-3-10-26(20(13-4-5-13)14-6-7-14)21-24-12-18(29(2,27)28)19(25-21)16-9-8-15(22)11-17(16)23/h8-9,11-14,20H,3-7,10H2,1-2H3. The van der Waals surface area contributed by atoms with E-state index in [0.29, 0.717) is 45.1 Å². The van der Waals surface area contributed by atoms with Crippen molar-refractivity contribution in [2.75, 3.05) is 17.7 Å². The van der Waals surface area contributed by atoms with Gasteiger partial charge in [0.05, 0.1) is 16.9 Å². The molecule has 0 unspecified atom stereocenters. The molecule has 29 heavy (non-hydrogen) atoms. The van der Waals surface area contributed by atoms with Gasteiger partial charge in [-0.3, -0.25) is 0 Å². The van der Waals surface area contributed by atoms with Crippen LogP contribution in [-0.4, -0.2) is 37.2 Å². The first kappa shape index (κ1) is 20.9. The minimum atomic E-state index is -3.53. The first-order chi connectivity index (χ1) is 13.8. The van der Waals surface area contributed by atoms with Crippen LogP contribution in [0.3, 0.4) is 0 Å². The summed E-state index contributed by atoms with van der Waals surface area (Å²) in [5.74, 6) is 1.97. The van der Waals surface area contributed by atoms with E-state index < -0.39 is 9.84 Å². The molecule has 1 heterocycles. The summed E-state index contributed by atoms with van der Waals surface area (Å²) >= 11 is 12.4. The molecular formula is C21H25Cl2N3O2S. The van der Waals surface area contributed by atoms with E-state index in [0.717, 1.165) is 13.0 Å². The van der Waals surface area contributed by atoms with Crippen LogP contribution in [-0.2, 0) is 9.84 Å². The number of benzene rings is 1. The summed E-state index contributed by atoms with van der Waals surface area (Å²) in [4.78, 5) is 11.7. The molecule has 8 heteroatoms. The van der Waals surface area contributed by atoms with Gasteiger partial charge in [0.2, 0.25) is 5.95 Å². The lowest BCUT2D eigenvalue weighted by molar-refractivity contribution is 0.469. The molecule has 0 aliphatic heterocycles. The SMILES string of the molecule is CCCN(c1ncc(S(C)(=O)=O)c(-c2ccc(Cl)cc2Cl)n1)C(C1CC1)C1CC1. The van der Waals surface area contributed by atoms with Crippen LogP contribution in [0.1, 0.15) is 39.0 Å². The number of halogens is 2. The fourth-order valence-corrected chi connectivity index (χ4v) is 5.29. The summed E-state index contributed by atoms with van der Waals surface area (Å²) < 4.78 is 24.8. The van der Waals surface area contributed by atoms with E-state index in [1.165, 1.54) is 38.1 Å². The number of nitrogens with zero attached hydrogens (tertiary/aromatic N) is 3. The predicted octanol–water partition coefficient (Wildman–Crippen LogP) is 5.26. The summed E-state index contributed by atoms with van der Waals surface area (Å²) in [5, 5.41) is 0.860. The highest BCUT2D eigenvalue weighted by molar-refractivity contribution is 7.90. The van der Waals surface area contributed by atoms with E-state index in [1.807, 2.05) is 0 Å². The van der Waals surface area contributed by atoms with Gasteiger partial charge in [0, 0.05) is 29.4 Å². The van der Waals surface area contributed by atoms with E-state index in [1.54, 1.807) is 18.2 Å². The van der Waals surface area contributed by atoms with Crippen LogP contribution >= 0.6 is 23.2 Å². The lowest BCUT2D eigenvalue weighted by atomic mass is 10.1. The van der Waals surface area contributed by atoms with Crippen molar-refractivity contribution >= 4 is 39.0 Å². The molecule has 5 nitrogen and oxygen atoms in total. The fourth-order valence-electron chi connectivity index (χ4n) is 4.04. The number of anilines is 1. The van der Waals surface area contributed by atoms with Gasteiger partial charge < -0.3 is 4.90 Å². The number of sulfone groups is 1. The first-order valence-corrected chi connectivity index (χ1v) is 12.7. The third kappa shape index (κ3) is 4.54. The first-order valence-electron chi connectivity index (χ1n) is 10.1. The Labute approximate surface area is 182 Å². The number of aromatic nitrogens is 2. The third-order valence-corrected chi connectivity index (χ3v) is 7.26. The molecule has 0 radical (unpaired) electrons. The Morgan fingerprint density at radius 2 is 1.83 bits per heavy atom. The van der Waals surface area contributed by atoms with E-state index in [4.69, 9.17) is 28.2 Å².